The quantitative estimate of drug-likeness (QED) is 0.845. The van der Waals surface area contributed by atoms with Gasteiger partial charge in [-0.15, -0.1) is 0 Å². The maximum atomic E-state index is 5.21. The highest BCUT2D eigenvalue weighted by Gasteiger charge is 1.98. The first-order chi connectivity index (χ1) is 8.81. The molecule has 0 aliphatic heterocycles. The lowest BCUT2D eigenvalue weighted by atomic mass is 10.2. The minimum absolute atomic E-state index is 0.856. The van der Waals surface area contributed by atoms with Gasteiger partial charge in [-0.3, -0.25) is 0 Å². The minimum Gasteiger partial charge on any atom is -0.497 e. The molecule has 0 unspecified atom stereocenters. The van der Waals surface area contributed by atoms with Crippen LogP contribution < -0.4 is 10.1 Å². The summed E-state index contributed by atoms with van der Waals surface area (Å²) in [7, 11) is 1.69. The first-order valence-corrected chi connectivity index (χ1v) is 6.30. The number of nitrogens with one attached hydrogen (secondary N) is 1. The lowest BCUT2D eigenvalue weighted by Crippen LogP contribution is -2.12. The summed E-state index contributed by atoms with van der Waals surface area (Å²) >= 11 is 0. The van der Waals surface area contributed by atoms with Gasteiger partial charge >= 0.3 is 0 Å². The second-order valence-corrected chi connectivity index (χ2v) is 4.31. The smallest absolute Gasteiger partial charge is 0.119 e. The molecule has 0 amide bonds. The van der Waals surface area contributed by atoms with Crippen LogP contribution in [0.15, 0.2) is 42.7 Å². The second-order valence-electron chi connectivity index (χ2n) is 4.31. The van der Waals surface area contributed by atoms with Gasteiger partial charge in [-0.1, -0.05) is 12.1 Å². The minimum atomic E-state index is 0.856. The van der Waals surface area contributed by atoms with Crippen molar-refractivity contribution in [1.82, 2.24) is 9.88 Å². The van der Waals surface area contributed by atoms with Crippen molar-refractivity contribution >= 4 is 0 Å². The molecule has 1 heterocycles. The van der Waals surface area contributed by atoms with Gasteiger partial charge in [-0.25, -0.2) is 0 Å². The van der Waals surface area contributed by atoms with Gasteiger partial charge in [0.25, 0.3) is 0 Å². The van der Waals surface area contributed by atoms with E-state index < -0.39 is 0 Å². The Morgan fingerprint density at radius 3 is 2.72 bits per heavy atom. The molecule has 3 heteroatoms. The summed E-state index contributed by atoms with van der Waals surface area (Å²) < 4.78 is 7.39. The third-order valence-electron chi connectivity index (χ3n) is 2.97. The molecule has 0 fully saturated rings. The third-order valence-corrected chi connectivity index (χ3v) is 2.97. The SMILES string of the molecule is CCn1ccc(CNCc2cccc(OC)c2)c1. The zero-order valence-corrected chi connectivity index (χ0v) is 11.0. The standard InChI is InChI=1S/C15H20N2O/c1-3-17-8-7-14(12-17)11-16-10-13-5-4-6-15(9-13)18-2/h4-9,12,16H,3,10-11H2,1-2H3. The fourth-order valence-corrected chi connectivity index (χ4v) is 1.93. The second kappa shape index (κ2) is 6.26. The Hall–Kier alpha value is -1.74. The highest BCUT2D eigenvalue weighted by molar-refractivity contribution is 5.28. The molecule has 0 aliphatic rings. The molecule has 2 rings (SSSR count). The van der Waals surface area contributed by atoms with Crippen LogP contribution in [0, 0.1) is 0 Å². The molecule has 0 radical (unpaired) electrons. The molecule has 0 aliphatic carbocycles. The molecule has 0 saturated carbocycles. The van der Waals surface area contributed by atoms with Crippen molar-refractivity contribution in [1.29, 1.82) is 0 Å². The summed E-state index contributed by atoms with van der Waals surface area (Å²) in [5.41, 5.74) is 2.56. The lowest BCUT2D eigenvalue weighted by Gasteiger charge is -2.05. The fraction of sp³-hybridized carbons (Fsp3) is 0.333. The Morgan fingerprint density at radius 2 is 2.00 bits per heavy atom. The molecule has 3 nitrogen and oxygen atoms in total. The van der Waals surface area contributed by atoms with Gasteiger partial charge in [0, 0.05) is 32.0 Å². The monoisotopic (exact) mass is 244 g/mol. The topological polar surface area (TPSA) is 26.2 Å². The van der Waals surface area contributed by atoms with E-state index in [0.29, 0.717) is 0 Å². The molecule has 0 spiro atoms. The van der Waals surface area contributed by atoms with Crippen molar-refractivity contribution in [2.75, 3.05) is 7.11 Å². The number of ether oxygens (including phenoxy) is 1. The van der Waals surface area contributed by atoms with Crippen LogP contribution >= 0.6 is 0 Å². The van der Waals surface area contributed by atoms with Crippen LogP contribution in [0.4, 0.5) is 0 Å². The molecule has 0 bridgehead atoms. The van der Waals surface area contributed by atoms with E-state index in [1.165, 1.54) is 11.1 Å². The molecular formula is C15H20N2O. The number of benzene rings is 1. The van der Waals surface area contributed by atoms with Crippen LogP contribution in [0.3, 0.4) is 0 Å². The van der Waals surface area contributed by atoms with Crippen molar-refractivity contribution in [2.45, 2.75) is 26.6 Å². The van der Waals surface area contributed by atoms with Gasteiger partial charge in [0.05, 0.1) is 7.11 Å². The molecule has 1 aromatic carbocycles. The van der Waals surface area contributed by atoms with Crippen molar-refractivity contribution < 1.29 is 4.74 Å². The van der Waals surface area contributed by atoms with Crippen LogP contribution in [-0.4, -0.2) is 11.7 Å². The maximum absolute atomic E-state index is 5.21. The van der Waals surface area contributed by atoms with Crippen LogP contribution in [0.2, 0.25) is 0 Å². The maximum Gasteiger partial charge on any atom is 0.119 e. The lowest BCUT2D eigenvalue weighted by molar-refractivity contribution is 0.414. The molecule has 96 valence electrons. The summed E-state index contributed by atoms with van der Waals surface area (Å²) in [6, 6.07) is 10.3. The van der Waals surface area contributed by atoms with Gasteiger partial charge in [0.1, 0.15) is 5.75 Å². The Balaban J connectivity index is 1.84. The average molecular weight is 244 g/mol. The Labute approximate surface area is 108 Å². The van der Waals surface area contributed by atoms with E-state index in [2.05, 4.69) is 47.4 Å². The highest BCUT2D eigenvalue weighted by Crippen LogP contribution is 2.12. The Bertz CT molecular complexity index is 491. The molecule has 18 heavy (non-hydrogen) atoms. The Morgan fingerprint density at radius 1 is 1.17 bits per heavy atom. The van der Waals surface area contributed by atoms with Gasteiger partial charge in [-0.05, 0) is 36.2 Å². The predicted molar refractivity (Wildman–Crippen MR) is 73.6 cm³/mol. The van der Waals surface area contributed by atoms with Gasteiger partial charge in [-0.2, -0.15) is 0 Å². The van der Waals surface area contributed by atoms with Crippen molar-refractivity contribution in [3.8, 4) is 5.75 Å². The predicted octanol–water partition coefficient (Wildman–Crippen LogP) is 2.81. The molecule has 1 N–H and O–H groups in total. The summed E-state index contributed by atoms with van der Waals surface area (Å²) in [6.07, 6.45) is 4.29. The van der Waals surface area contributed by atoms with Crippen molar-refractivity contribution in [3.05, 3.63) is 53.9 Å². The molecular weight excluding hydrogens is 224 g/mol. The van der Waals surface area contributed by atoms with Crippen molar-refractivity contribution in [3.63, 3.8) is 0 Å². The highest BCUT2D eigenvalue weighted by atomic mass is 16.5. The zero-order valence-electron chi connectivity index (χ0n) is 11.0. The first kappa shape index (κ1) is 12.7. The van der Waals surface area contributed by atoms with E-state index >= 15 is 0 Å². The number of aromatic nitrogens is 1. The Kier molecular flexibility index (Phi) is 4.42. The normalized spacial score (nSPS) is 10.6. The first-order valence-electron chi connectivity index (χ1n) is 6.30. The van der Waals surface area contributed by atoms with E-state index in [4.69, 9.17) is 4.74 Å². The van der Waals surface area contributed by atoms with Crippen molar-refractivity contribution in [2.24, 2.45) is 0 Å². The van der Waals surface area contributed by atoms with Crippen LogP contribution in [0.1, 0.15) is 18.1 Å². The summed E-state index contributed by atoms with van der Waals surface area (Å²) in [5, 5.41) is 3.44. The number of aryl methyl sites for hydroxylation is 1. The van der Waals surface area contributed by atoms with Gasteiger partial charge in [0.15, 0.2) is 0 Å². The zero-order chi connectivity index (χ0) is 12.8. The van der Waals surface area contributed by atoms with Crippen LogP contribution in [-0.2, 0) is 19.6 Å². The summed E-state index contributed by atoms with van der Waals surface area (Å²) in [6.45, 7) is 4.92. The third kappa shape index (κ3) is 3.37. The summed E-state index contributed by atoms with van der Waals surface area (Å²) in [4.78, 5) is 0. The van der Waals surface area contributed by atoms with Crippen LogP contribution in [0.5, 0.6) is 5.75 Å². The number of hydrogen-bond acceptors (Lipinski definition) is 2. The van der Waals surface area contributed by atoms with Gasteiger partial charge < -0.3 is 14.6 Å². The summed E-state index contributed by atoms with van der Waals surface area (Å²) in [5.74, 6) is 0.909. The number of hydrogen-bond donors (Lipinski definition) is 1. The largest absolute Gasteiger partial charge is 0.497 e. The number of methoxy groups -OCH3 is 1. The molecule has 2 aromatic rings. The molecule has 0 atom stereocenters. The fourth-order valence-electron chi connectivity index (χ4n) is 1.93. The van der Waals surface area contributed by atoms with E-state index in [1.807, 2.05) is 12.1 Å². The number of nitrogens with zero attached hydrogens (tertiary/aromatic N) is 1. The van der Waals surface area contributed by atoms with E-state index in [9.17, 15) is 0 Å². The van der Waals surface area contributed by atoms with Crippen LogP contribution in [0.25, 0.3) is 0 Å². The molecule has 0 saturated heterocycles. The van der Waals surface area contributed by atoms with E-state index in [0.717, 1.165) is 25.4 Å². The van der Waals surface area contributed by atoms with Gasteiger partial charge in [0.2, 0.25) is 0 Å². The average Bonchev–Trinajstić information content (AvgIpc) is 2.87. The van der Waals surface area contributed by atoms with E-state index in [-0.39, 0.29) is 0 Å². The van der Waals surface area contributed by atoms with E-state index in [1.54, 1.807) is 7.11 Å². The number of rotatable bonds is 6. The molecule has 1 aromatic heterocycles.